The average molecular weight is 379 g/mol. The Morgan fingerprint density at radius 3 is 2.29 bits per heavy atom. The molecule has 1 aliphatic heterocycles. The van der Waals surface area contributed by atoms with Crippen LogP contribution in [0.5, 0.6) is 11.5 Å². The van der Waals surface area contributed by atoms with Crippen molar-refractivity contribution in [1.82, 2.24) is 5.32 Å². The second-order valence-corrected chi connectivity index (χ2v) is 7.66. The van der Waals surface area contributed by atoms with Gasteiger partial charge in [-0.2, -0.15) is 0 Å². The molecule has 0 aromatic heterocycles. The molecule has 0 radical (unpaired) electrons. The number of ether oxygens (including phenoxy) is 2. The van der Waals surface area contributed by atoms with Gasteiger partial charge in [-0.3, -0.25) is 9.59 Å². The van der Waals surface area contributed by atoms with Crippen molar-refractivity contribution in [2.24, 2.45) is 0 Å². The Balaban J connectivity index is 1.83. The lowest BCUT2D eigenvalue weighted by atomic mass is 9.85. The lowest BCUT2D eigenvalue weighted by molar-refractivity contribution is -0.920. The van der Waals surface area contributed by atoms with Gasteiger partial charge in [-0.15, -0.1) is 0 Å². The van der Waals surface area contributed by atoms with Crippen molar-refractivity contribution in [3.8, 4) is 11.5 Å². The van der Waals surface area contributed by atoms with E-state index in [4.69, 9.17) is 9.47 Å². The van der Waals surface area contributed by atoms with E-state index in [-0.39, 0.29) is 6.17 Å². The van der Waals surface area contributed by atoms with Crippen molar-refractivity contribution in [2.45, 2.75) is 6.17 Å². The number of rotatable bonds is 3. The van der Waals surface area contributed by atoms with Crippen molar-refractivity contribution in [1.29, 1.82) is 0 Å². The summed E-state index contributed by atoms with van der Waals surface area (Å²) in [5.41, 5.74) is 3.54. The number of quaternary nitrogens is 1. The summed E-state index contributed by atoms with van der Waals surface area (Å²) in [7, 11) is 7.29. The highest BCUT2D eigenvalue weighted by molar-refractivity contribution is 6.52. The molecule has 1 unspecified atom stereocenters. The monoisotopic (exact) mass is 379 g/mol. The van der Waals surface area contributed by atoms with Crippen LogP contribution >= 0.6 is 0 Å². The number of benzene rings is 2. The quantitative estimate of drug-likeness (QED) is 0.656. The molecule has 1 heterocycles. The molecule has 28 heavy (non-hydrogen) atoms. The molecule has 6 nitrogen and oxygen atoms in total. The summed E-state index contributed by atoms with van der Waals surface area (Å²) in [6.45, 7) is 0.459. The Morgan fingerprint density at radius 1 is 0.929 bits per heavy atom. The molecule has 1 atom stereocenters. The summed E-state index contributed by atoms with van der Waals surface area (Å²) < 4.78 is 11.3. The average Bonchev–Trinajstić information content (AvgIpc) is 2.70. The van der Waals surface area contributed by atoms with E-state index in [9.17, 15) is 9.59 Å². The van der Waals surface area contributed by atoms with E-state index in [1.54, 1.807) is 26.4 Å². The number of hydrogen-bond acceptors (Lipinski definition) is 5. The summed E-state index contributed by atoms with van der Waals surface area (Å²) in [6.07, 6.45) is -0.118. The molecule has 1 aliphatic carbocycles. The first-order chi connectivity index (χ1) is 13.4. The first-order valence-corrected chi connectivity index (χ1v) is 9.10. The number of carbonyl (C=O) groups excluding carboxylic acids is 2. The third-order valence-electron chi connectivity index (χ3n) is 5.49. The van der Waals surface area contributed by atoms with Crippen molar-refractivity contribution in [2.75, 3.05) is 34.9 Å². The van der Waals surface area contributed by atoms with Gasteiger partial charge in [0.05, 0.1) is 39.6 Å². The fourth-order valence-electron chi connectivity index (χ4n) is 4.07. The van der Waals surface area contributed by atoms with Crippen LogP contribution in [0.15, 0.2) is 48.0 Å². The zero-order valence-electron chi connectivity index (χ0n) is 16.4. The lowest BCUT2D eigenvalue weighted by Crippen LogP contribution is -2.55. The van der Waals surface area contributed by atoms with Crippen molar-refractivity contribution in [3.05, 3.63) is 64.7 Å². The number of methoxy groups -OCH3 is 2. The van der Waals surface area contributed by atoms with E-state index >= 15 is 0 Å². The van der Waals surface area contributed by atoms with Crippen LogP contribution in [0, 0.1) is 0 Å². The summed E-state index contributed by atoms with van der Waals surface area (Å²) in [5, 5.41) is 3.54. The van der Waals surface area contributed by atoms with Gasteiger partial charge < -0.3 is 19.3 Å². The topological polar surface area (TPSA) is 64.6 Å². The molecule has 2 aromatic carbocycles. The molecule has 2 aromatic rings. The highest BCUT2D eigenvalue weighted by Crippen LogP contribution is 2.39. The molecule has 4 rings (SSSR count). The van der Waals surface area contributed by atoms with Crippen molar-refractivity contribution in [3.63, 3.8) is 0 Å². The van der Waals surface area contributed by atoms with Crippen LogP contribution in [0.1, 0.15) is 27.7 Å². The number of nitrogens with one attached hydrogen (secondary N) is 1. The van der Waals surface area contributed by atoms with E-state index in [2.05, 4.69) is 5.32 Å². The van der Waals surface area contributed by atoms with Crippen LogP contribution in [-0.4, -0.2) is 50.9 Å². The van der Waals surface area contributed by atoms with Gasteiger partial charge >= 0.3 is 0 Å². The largest absolute Gasteiger partial charge is 0.493 e. The summed E-state index contributed by atoms with van der Waals surface area (Å²) >= 11 is 0. The Bertz CT molecular complexity index is 1020. The number of fused-ring (bicyclic) bond motifs is 2. The predicted octanol–water partition coefficient (Wildman–Crippen LogP) is 2.56. The third kappa shape index (κ3) is 2.68. The van der Waals surface area contributed by atoms with E-state index < -0.39 is 11.6 Å². The van der Waals surface area contributed by atoms with Crippen LogP contribution in [0.2, 0.25) is 0 Å². The van der Waals surface area contributed by atoms with E-state index in [0.717, 1.165) is 16.8 Å². The minimum atomic E-state index is -0.430. The van der Waals surface area contributed by atoms with Gasteiger partial charge in [-0.05, 0) is 18.2 Å². The van der Waals surface area contributed by atoms with Crippen LogP contribution in [-0.2, 0) is 4.79 Å². The number of Topliss-reactive ketones (excluding diaryl/α,β-unsaturated/α-hetero) is 2. The molecule has 2 aliphatic rings. The van der Waals surface area contributed by atoms with E-state index in [1.807, 2.05) is 44.4 Å². The maximum atomic E-state index is 12.7. The molecule has 6 heteroatoms. The first kappa shape index (κ1) is 18.3. The van der Waals surface area contributed by atoms with Crippen LogP contribution in [0.3, 0.4) is 0 Å². The van der Waals surface area contributed by atoms with Gasteiger partial charge in [0.15, 0.2) is 17.7 Å². The lowest BCUT2D eigenvalue weighted by Gasteiger charge is -2.44. The van der Waals surface area contributed by atoms with Crippen LogP contribution < -0.4 is 14.8 Å². The van der Waals surface area contributed by atoms with Gasteiger partial charge in [0.1, 0.15) is 6.54 Å². The molecule has 1 N–H and O–H groups in total. The molecular formula is C22H23N2O4+. The van der Waals surface area contributed by atoms with E-state index in [0.29, 0.717) is 33.7 Å². The minimum Gasteiger partial charge on any atom is -0.493 e. The molecule has 0 bridgehead atoms. The smallest absolute Gasteiger partial charge is 0.237 e. The third-order valence-corrected chi connectivity index (χ3v) is 5.49. The fraction of sp³-hybridized carbons (Fsp3) is 0.273. The maximum Gasteiger partial charge on any atom is 0.237 e. The van der Waals surface area contributed by atoms with Gasteiger partial charge in [0.25, 0.3) is 0 Å². The molecule has 0 saturated carbocycles. The zero-order valence-corrected chi connectivity index (χ0v) is 16.4. The molecule has 0 saturated heterocycles. The normalized spacial score (nSPS) is 20.2. The van der Waals surface area contributed by atoms with Gasteiger partial charge in [-0.25, -0.2) is 0 Å². The highest BCUT2D eigenvalue weighted by Gasteiger charge is 2.44. The summed E-state index contributed by atoms with van der Waals surface area (Å²) in [5.74, 6) is 0.465. The van der Waals surface area contributed by atoms with E-state index in [1.165, 1.54) is 0 Å². The molecular weight excluding hydrogens is 356 g/mol. The molecule has 0 spiro atoms. The number of ketones is 2. The molecule has 144 valence electrons. The van der Waals surface area contributed by atoms with Gasteiger partial charge in [-0.1, -0.05) is 24.3 Å². The Labute approximate surface area is 164 Å². The molecule has 0 amide bonds. The maximum absolute atomic E-state index is 12.7. The molecule has 0 fully saturated rings. The van der Waals surface area contributed by atoms with Crippen LogP contribution in [0.25, 0.3) is 5.70 Å². The highest BCUT2D eigenvalue weighted by atomic mass is 16.5. The van der Waals surface area contributed by atoms with Crippen LogP contribution in [0.4, 0.5) is 0 Å². The van der Waals surface area contributed by atoms with Gasteiger partial charge in [0.2, 0.25) is 11.6 Å². The van der Waals surface area contributed by atoms with Gasteiger partial charge in [0, 0.05) is 16.7 Å². The minimum absolute atomic E-state index is 0.118. The second-order valence-electron chi connectivity index (χ2n) is 7.66. The zero-order chi connectivity index (χ0) is 20.1. The number of hydrogen-bond donors (Lipinski definition) is 1. The number of carbonyl (C=O) groups is 2. The number of likely N-dealkylation sites (N-methyl/N-ethyl adjacent to an activating group) is 1. The first-order valence-electron chi connectivity index (χ1n) is 9.10. The summed E-state index contributed by atoms with van der Waals surface area (Å²) in [4.78, 5) is 25.3. The predicted molar refractivity (Wildman–Crippen MR) is 105 cm³/mol. The number of nitrogens with zero attached hydrogens (tertiary/aromatic N) is 1. The van der Waals surface area contributed by atoms with Crippen molar-refractivity contribution < 1.29 is 23.5 Å². The summed E-state index contributed by atoms with van der Waals surface area (Å²) in [6, 6.07) is 13.1. The second kappa shape index (κ2) is 6.49. The fourth-order valence-corrected chi connectivity index (χ4v) is 4.07. The SMILES string of the molecule is COc1ccc(C2NC3=C(C[N+]2(C)C)C(=O)C(=O)c2ccccc23)cc1OC. The Hall–Kier alpha value is -3.12. The van der Waals surface area contributed by atoms with Crippen molar-refractivity contribution >= 4 is 17.3 Å². The Morgan fingerprint density at radius 2 is 1.61 bits per heavy atom. The standard InChI is InChI=1S/C22H22N2O4/c1-24(2)12-16-19(14-7-5-6-8-15(14)20(25)21(16)26)23-22(24)13-9-10-17(27-3)18(11-13)28-4/h5-11,22H,12H2,1-4H3/p+1. The Kier molecular flexibility index (Phi) is 4.23.